The van der Waals surface area contributed by atoms with E-state index >= 15 is 0 Å². The highest BCUT2D eigenvalue weighted by Crippen LogP contribution is 2.27. The average molecular weight is 566 g/mol. The van der Waals surface area contributed by atoms with Crippen LogP contribution in [0.15, 0.2) is 69.9 Å². The molecule has 1 N–H and O–H groups in total. The van der Waals surface area contributed by atoms with Gasteiger partial charge in [0.2, 0.25) is 4.93 Å². The van der Waals surface area contributed by atoms with Gasteiger partial charge in [0.1, 0.15) is 11.5 Å². The number of methoxy groups -OCH3 is 1. The van der Waals surface area contributed by atoms with Crippen LogP contribution < -0.4 is 4.74 Å². The molecule has 0 saturated carbocycles. The third-order valence-corrected chi connectivity index (χ3v) is 5.27. The Morgan fingerprint density at radius 1 is 0.968 bits per heavy atom. The highest BCUT2D eigenvalue weighted by molar-refractivity contribution is 9.10. The van der Waals surface area contributed by atoms with E-state index in [0.717, 1.165) is 30.8 Å². The van der Waals surface area contributed by atoms with E-state index in [1.165, 1.54) is 14.0 Å². The molecule has 6 nitrogen and oxygen atoms in total. The molecular formula is C22H18Br2N2O4S. The number of hydrogen-bond acceptors (Lipinski definition) is 7. The Bertz CT molecular complexity index is 1210. The number of aromatic hydroxyl groups is 1. The van der Waals surface area contributed by atoms with E-state index in [4.69, 9.17) is 4.74 Å². The molecule has 0 aliphatic rings. The van der Waals surface area contributed by atoms with Crippen LogP contribution in [0.2, 0.25) is 0 Å². The van der Waals surface area contributed by atoms with Crippen LogP contribution >= 0.6 is 44.5 Å². The van der Waals surface area contributed by atoms with Gasteiger partial charge >= 0.3 is 5.97 Å². The molecular weight excluding hydrogens is 548 g/mol. The minimum absolute atomic E-state index is 0.266. The highest BCUT2D eigenvalue weighted by Gasteiger charge is 2.32. The number of pyridine rings is 2. The summed E-state index contributed by atoms with van der Waals surface area (Å²) in [5, 5.41) is 11.0. The Labute approximate surface area is 201 Å². The molecule has 31 heavy (non-hydrogen) atoms. The molecule has 0 aliphatic carbocycles. The Kier molecular flexibility index (Phi) is 7.40. The number of esters is 1. The summed E-state index contributed by atoms with van der Waals surface area (Å²) in [4.78, 5) is 18.6. The zero-order chi connectivity index (χ0) is 22.6. The summed E-state index contributed by atoms with van der Waals surface area (Å²) in [6, 6.07) is 14.3. The first-order valence-electron chi connectivity index (χ1n) is 8.97. The second kappa shape index (κ2) is 9.84. The molecule has 2 aromatic heterocycles. The van der Waals surface area contributed by atoms with Gasteiger partial charge in [0, 0.05) is 32.1 Å². The number of carbonyl (C=O) groups is 1. The molecule has 1 atom stereocenters. The number of aromatic nitrogens is 2. The van der Waals surface area contributed by atoms with E-state index in [-0.39, 0.29) is 5.75 Å². The van der Waals surface area contributed by atoms with E-state index in [2.05, 4.69) is 59.2 Å². The molecule has 0 aliphatic heterocycles. The van der Waals surface area contributed by atoms with Crippen molar-refractivity contribution in [1.29, 1.82) is 0 Å². The van der Waals surface area contributed by atoms with Crippen molar-refractivity contribution in [2.45, 2.75) is 11.9 Å². The highest BCUT2D eigenvalue weighted by atomic mass is 79.9. The van der Waals surface area contributed by atoms with Gasteiger partial charge in [-0.05, 0) is 87.3 Å². The van der Waals surface area contributed by atoms with Gasteiger partial charge in [-0.3, -0.25) is 9.97 Å². The first kappa shape index (κ1) is 23.3. The first-order chi connectivity index (χ1) is 14.7. The third kappa shape index (κ3) is 6.09. The fraction of sp³-hybridized carbons (Fsp3) is 0.136. The Morgan fingerprint density at radius 3 is 2.10 bits per heavy atom. The summed E-state index contributed by atoms with van der Waals surface area (Å²) >= 11 is 10.8. The van der Waals surface area contributed by atoms with Crippen LogP contribution in [0.4, 0.5) is 0 Å². The predicted octanol–water partition coefficient (Wildman–Crippen LogP) is 5.90. The normalized spacial score (nSPS) is 12.5. The lowest BCUT2D eigenvalue weighted by Crippen LogP contribution is -2.36. The van der Waals surface area contributed by atoms with Crippen molar-refractivity contribution in [2.24, 2.45) is 0 Å². The topological polar surface area (TPSA) is 81.5 Å². The number of phenolic OH excluding ortho intramolecular Hbond substituents is 1. The molecule has 160 valence electrons. The van der Waals surface area contributed by atoms with Gasteiger partial charge in [-0.25, -0.2) is 4.79 Å². The lowest BCUT2D eigenvalue weighted by atomic mass is 10.2. The largest absolute Gasteiger partial charge is 0.508 e. The molecule has 4 aromatic rings. The maximum atomic E-state index is 11.5. The molecule has 4 rings (SSSR count). The summed E-state index contributed by atoms with van der Waals surface area (Å²) < 4.78 is 12.0. The van der Waals surface area contributed by atoms with Crippen LogP contribution in [0, 0.1) is 0 Å². The van der Waals surface area contributed by atoms with Crippen molar-refractivity contribution in [3.05, 3.63) is 69.9 Å². The van der Waals surface area contributed by atoms with Gasteiger partial charge in [0.25, 0.3) is 0 Å². The van der Waals surface area contributed by atoms with E-state index in [1.54, 1.807) is 42.7 Å². The van der Waals surface area contributed by atoms with Crippen molar-refractivity contribution in [3.63, 3.8) is 0 Å². The number of halogens is 2. The minimum atomic E-state index is -1.33. The van der Waals surface area contributed by atoms with Crippen LogP contribution in [0.1, 0.15) is 6.92 Å². The predicted molar refractivity (Wildman–Crippen MR) is 131 cm³/mol. The number of hydrogen-bond donors (Lipinski definition) is 2. The first-order valence-corrected chi connectivity index (χ1v) is 11.0. The van der Waals surface area contributed by atoms with E-state index in [1.807, 2.05) is 18.2 Å². The average Bonchev–Trinajstić information content (AvgIpc) is 2.72. The summed E-state index contributed by atoms with van der Waals surface area (Å²) in [7, 11) is 1.29. The lowest BCUT2D eigenvalue weighted by Gasteiger charge is -2.22. The van der Waals surface area contributed by atoms with Gasteiger partial charge < -0.3 is 14.6 Å². The number of carbonyl (C=O) groups excluding carboxylic acids is 1. The number of benzene rings is 2. The van der Waals surface area contributed by atoms with Crippen LogP contribution in [0.5, 0.6) is 11.5 Å². The number of fused-ring (bicyclic) bond motifs is 2. The van der Waals surface area contributed by atoms with Crippen molar-refractivity contribution in [1.82, 2.24) is 9.97 Å². The number of rotatable bonds is 3. The molecule has 0 spiro atoms. The van der Waals surface area contributed by atoms with Gasteiger partial charge in [-0.15, -0.1) is 12.6 Å². The molecule has 0 bridgehead atoms. The quantitative estimate of drug-likeness (QED) is 0.183. The molecule has 0 radical (unpaired) electrons. The van der Waals surface area contributed by atoms with Crippen LogP contribution in [0.3, 0.4) is 0 Å². The lowest BCUT2D eigenvalue weighted by molar-refractivity contribution is -0.150. The molecule has 0 saturated heterocycles. The molecule has 0 amide bonds. The van der Waals surface area contributed by atoms with E-state index < -0.39 is 10.9 Å². The van der Waals surface area contributed by atoms with Crippen LogP contribution in [-0.2, 0) is 9.53 Å². The zero-order valence-corrected chi connectivity index (χ0v) is 20.6. The van der Waals surface area contributed by atoms with Gasteiger partial charge in [0.05, 0.1) is 18.1 Å². The van der Waals surface area contributed by atoms with Crippen LogP contribution in [0.25, 0.3) is 21.8 Å². The second-order valence-electron chi connectivity index (χ2n) is 6.62. The number of nitrogens with zero attached hydrogens (tertiary/aromatic N) is 2. The Morgan fingerprint density at radius 2 is 1.52 bits per heavy atom. The zero-order valence-electron chi connectivity index (χ0n) is 16.5. The second-order valence-corrected chi connectivity index (χ2v) is 9.30. The van der Waals surface area contributed by atoms with Crippen molar-refractivity contribution >= 4 is 72.3 Å². The van der Waals surface area contributed by atoms with Crippen LogP contribution in [-0.4, -0.2) is 33.1 Å². The fourth-order valence-electron chi connectivity index (χ4n) is 2.70. The molecule has 9 heteroatoms. The minimum Gasteiger partial charge on any atom is -0.508 e. The summed E-state index contributed by atoms with van der Waals surface area (Å²) in [6.07, 6.45) is 3.46. The molecule has 2 aromatic carbocycles. The molecule has 0 fully saturated rings. The Hall–Kier alpha value is -2.36. The monoisotopic (exact) mass is 564 g/mol. The van der Waals surface area contributed by atoms with Crippen molar-refractivity contribution in [3.8, 4) is 11.5 Å². The van der Waals surface area contributed by atoms with Crippen molar-refractivity contribution in [2.75, 3.05) is 7.11 Å². The SMILES string of the molecule is COC(=O)C(C)(S)Oc1ccc2ncc(Br)cc2c1.Oc1ccc2ncc(Br)cc2c1. The van der Waals surface area contributed by atoms with Gasteiger partial charge in [-0.2, -0.15) is 0 Å². The maximum absolute atomic E-state index is 11.5. The van der Waals surface area contributed by atoms with Gasteiger partial charge in [-0.1, -0.05) is 0 Å². The Balaban J connectivity index is 0.000000194. The standard InChI is InChI=1S/C13H12BrNO3S.C9H6BrNO/c1-13(19,12(16)17-2)18-10-3-4-11-8(6-10)5-9(14)7-15-11;10-7-3-6-4-8(12)1-2-9(6)11-5-7/h3-7,19H,1-2H3;1-5,12H. The summed E-state index contributed by atoms with van der Waals surface area (Å²) in [6.45, 7) is 1.53. The molecule has 1 unspecified atom stereocenters. The summed E-state index contributed by atoms with van der Waals surface area (Å²) in [5.74, 6) is 0.237. The summed E-state index contributed by atoms with van der Waals surface area (Å²) in [5.41, 5.74) is 1.73. The fourth-order valence-corrected chi connectivity index (χ4v) is 3.59. The molecule has 2 heterocycles. The van der Waals surface area contributed by atoms with Gasteiger partial charge in [0.15, 0.2) is 0 Å². The van der Waals surface area contributed by atoms with E-state index in [9.17, 15) is 9.90 Å². The number of phenols is 1. The number of thiol groups is 1. The number of ether oxygens (including phenoxy) is 2. The maximum Gasteiger partial charge on any atom is 0.360 e. The third-order valence-electron chi connectivity index (χ3n) is 4.13. The van der Waals surface area contributed by atoms with Crippen molar-refractivity contribution < 1.29 is 19.4 Å². The van der Waals surface area contributed by atoms with E-state index in [0.29, 0.717) is 5.75 Å². The smallest absolute Gasteiger partial charge is 0.360 e.